The highest BCUT2D eigenvalue weighted by atomic mass is 16.2. The number of anilines is 1. The molecule has 1 atom stereocenters. The van der Waals surface area contributed by atoms with Crippen LogP contribution in [-0.4, -0.2) is 28.9 Å². The van der Waals surface area contributed by atoms with Crippen molar-refractivity contribution in [2.24, 2.45) is 0 Å². The smallest absolute Gasteiger partial charge is 0.219 e. The second kappa shape index (κ2) is 5.17. The van der Waals surface area contributed by atoms with Gasteiger partial charge in [-0.25, -0.2) is 4.98 Å². The lowest BCUT2D eigenvalue weighted by Gasteiger charge is -2.23. The van der Waals surface area contributed by atoms with Crippen molar-refractivity contribution < 1.29 is 4.79 Å². The van der Waals surface area contributed by atoms with Crippen LogP contribution in [0.1, 0.15) is 38.3 Å². The Labute approximate surface area is 102 Å². The predicted octanol–water partition coefficient (Wildman–Crippen LogP) is 2.20. The molecule has 0 saturated carbocycles. The fraction of sp³-hybridized carbons (Fsp3) is 0.538. The third-order valence-corrected chi connectivity index (χ3v) is 3.19. The molecular formula is C13H19N3O. The molecule has 1 aromatic rings. The summed E-state index contributed by atoms with van der Waals surface area (Å²) in [6.07, 6.45) is 4.00. The summed E-state index contributed by atoms with van der Waals surface area (Å²) in [5.41, 5.74) is 1.14. The van der Waals surface area contributed by atoms with Gasteiger partial charge in [-0.3, -0.25) is 4.79 Å². The van der Waals surface area contributed by atoms with E-state index in [1.807, 2.05) is 24.1 Å². The molecule has 2 rings (SSSR count). The monoisotopic (exact) mass is 233 g/mol. The van der Waals surface area contributed by atoms with E-state index in [0.717, 1.165) is 37.3 Å². The second-order valence-corrected chi connectivity index (χ2v) is 4.38. The second-order valence-electron chi connectivity index (χ2n) is 4.38. The number of likely N-dealkylation sites (tertiary alicyclic amines) is 1. The fourth-order valence-corrected chi connectivity index (χ4v) is 2.38. The number of carbonyl (C=O) groups is 1. The van der Waals surface area contributed by atoms with Gasteiger partial charge in [-0.2, -0.15) is 0 Å². The first-order chi connectivity index (χ1) is 8.22. The Morgan fingerprint density at radius 2 is 2.41 bits per heavy atom. The Hall–Kier alpha value is -1.58. The Morgan fingerprint density at radius 1 is 1.59 bits per heavy atom. The molecule has 4 heteroatoms. The minimum atomic E-state index is 0.156. The molecule has 0 radical (unpaired) electrons. The minimum absolute atomic E-state index is 0.156. The summed E-state index contributed by atoms with van der Waals surface area (Å²) < 4.78 is 0. The maximum Gasteiger partial charge on any atom is 0.219 e. The van der Waals surface area contributed by atoms with Crippen molar-refractivity contribution in [2.75, 3.05) is 18.4 Å². The van der Waals surface area contributed by atoms with Gasteiger partial charge in [0.2, 0.25) is 5.91 Å². The average Bonchev–Trinajstić information content (AvgIpc) is 2.79. The summed E-state index contributed by atoms with van der Waals surface area (Å²) in [5, 5.41) is 3.17. The van der Waals surface area contributed by atoms with Crippen molar-refractivity contribution in [1.82, 2.24) is 9.88 Å². The zero-order valence-corrected chi connectivity index (χ0v) is 10.4. The normalized spacial score (nSPS) is 19.4. The molecule has 1 aliphatic rings. The number of pyridine rings is 1. The van der Waals surface area contributed by atoms with E-state index < -0.39 is 0 Å². The first-order valence-electron chi connectivity index (χ1n) is 6.19. The van der Waals surface area contributed by atoms with E-state index in [0.29, 0.717) is 0 Å². The highest BCUT2D eigenvalue weighted by Crippen LogP contribution is 2.31. The molecule has 0 bridgehead atoms. The molecular weight excluding hydrogens is 214 g/mol. The molecule has 0 aliphatic carbocycles. The summed E-state index contributed by atoms with van der Waals surface area (Å²) in [6.45, 7) is 5.42. The molecule has 0 spiro atoms. The van der Waals surface area contributed by atoms with Gasteiger partial charge in [0, 0.05) is 26.2 Å². The molecule has 2 heterocycles. The maximum atomic E-state index is 11.5. The van der Waals surface area contributed by atoms with Crippen LogP contribution in [0.2, 0.25) is 0 Å². The predicted molar refractivity (Wildman–Crippen MR) is 67.8 cm³/mol. The summed E-state index contributed by atoms with van der Waals surface area (Å²) in [5.74, 6) is 1.05. The van der Waals surface area contributed by atoms with Gasteiger partial charge >= 0.3 is 0 Å². The van der Waals surface area contributed by atoms with Crippen molar-refractivity contribution in [3.63, 3.8) is 0 Å². The molecule has 92 valence electrons. The van der Waals surface area contributed by atoms with E-state index in [4.69, 9.17) is 0 Å². The molecule has 1 N–H and O–H groups in total. The van der Waals surface area contributed by atoms with Crippen molar-refractivity contribution in [3.05, 3.63) is 23.9 Å². The molecule has 1 aromatic heterocycles. The number of hydrogen-bond acceptors (Lipinski definition) is 3. The van der Waals surface area contributed by atoms with Gasteiger partial charge in [0.1, 0.15) is 5.82 Å². The lowest BCUT2D eigenvalue weighted by Crippen LogP contribution is -2.28. The lowest BCUT2D eigenvalue weighted by atomic mass is 10.1. The fourth-order valence-electron chi connectivity index (χ4n) is 2.38. The van der Waals surface area contributed by atoms with Gasteiger partial charge in [-0.05, 0) is 31.4 Å². The van der Waals surface area contributed by atoms with Crippen LogP contribution in [0.4, 0.5) is 5.82 Å². The largest absolute Gasteiger partial charge is 0.370 e. The molecule has 1 amide bonds. The molecule has 1 unspecified atom stereocenters. The van der Waals surface area contributed by atoms with E-state index in [1.54, 1.807) is 6.92 Å². The molecule has 17 heavy (non-hydrogen) atoms. The quantitative estimate of drug-likeness (QED) is 0.870. The topological polar surface area (TPSA) is 45.2 Å². The Morgan fingerprint density at radius 3 is 3.00 bits per heavy atom. The Kier molecular flexibility index (Phi) is 3.61. The summed E-state index contributed by atoms with van der Waals surface area (Å²) in [6, 6.07) is 4.27. The van der Waals surface area contributed by atoms with Crippen LogP contribution >= 0.6 is 0 Å². The number of rotatable bonds is 3. The highest BCUT2D eigenvalue weighted by molar-refractivity contribution is 5.74. The first kappa shape index (κ1) is 11.9. The van der Waals surface area contributed by atoms with Crippen LogP contribution in [0, 0.1) is 0 Å². The Bertz CT molecular complexity index is 388. The molecule has 4 nitrogen and oxygen atoms in total. The third-order valence-electron chi connectivity index (χ3n) is 3.19. The van der Waals surface area contributed by atoms with E-state index in [1.165, 1.54) is 0 Å². The van der Waals surface area contributed by atoms with Crippen LogP contribution < -0.4 is 5.32 Å². The van der Waals surface area contributed by atoms with E-state index >= 15 is 0 Å². The zero-order chi connectivity index (χ0) is 12.3. The number of aromatic nitrogens is 1. The summed E-state index contributed by atoms with van der Waals surface area (Å²) in [4.78, 5) is 17.8. The van der Waals surface area contributed by atoms with Crippen molar-refractivity contribution >= 4 is 11.7 Å². The number of nitrogens with zero attached hydrogens (tertiary/aromatic N) is 2. The zero-order valence-electron chi connectivity index (χ0n) is 10.4. The van der Waals surface area contributed by atoms with Crippen LogP contribution in [0.5, 0.6) is 0 Å². The molecule has 1 saturated heterocycles. The van der Waals surface area contributed by atoms with Crippen LogP contribution in [-0.2, 0) is 4.79 Å². The summed E-state index contributed by atoms with van der Waals surface area (Å²) in [7, 11) is 0. The van der Waals surface area contributed by atoms with Crippen LogP contribution in [0.15, 0.2) is 18.3 Å². The lowest BCUT2D eigenvalue weighted by molar-refractivity contribution is -0.129. The van der Waals surface area contributed by atoms with Gasteiger partial charge in [0.05, 0.1) is 6.04 Å². The molecule has 0 aromatic carbocycles. The molecule has 1 aliphatic heterocycles. The van der Waals surface area contributed by atoms with E-state index in [-0.39, 0.29) is 11.9 Å². The van der Waals surface area contributed by atoms with Gasteiger partial charge in [0.25, 0.3) is 0 Å². The first-order valence-corrected chi connectivity index (χ1v) is 6.19. The van der Waals surface area contributed by atoms with Crippen molar-refractivity contribution in [2.45, 2.75) is 32.7 Å². The van der Waals surface area contributed by atoms with Gasteiger partial charge in [-0.15, -0.1) is 0 Å². The maximum absolute atomic E-state index is 11.5. The number of hydrogen-bond donors (Lipinski definition) is 1. The molecule has 1 fully saturated rings. The SMILES string of the molecule is CCNc1ccc(C2CCCN2C(C)=O)cn1. The van der Waals surface area contributed by atoms with E-state index in [9.17, 15) is 4.79 Å². The summed E-state index contributed by atoms with van der Waals surface area (Å²) >= 11 is 0. The average molecular weight is 233 g/mol. The highest BCUT2D eigenvalue weighted by Gasteiger charge is 2.27. The Balaban J connectivity index is 2.13. The van der Waals surface area contributed by atoms with Gasteiger partial charge < -0.3 is 10.2 Å². The van der Waals surface area contributed by atoms with Crippen LogP contribution in [0.25, 0.3) is 0 Å². The van der Waals surface area contributed by atoms with Crippen molar-refractivity contribution in [3.8, 4) is 0 Å². The van der Waals surface area contributed by atoms with Crippen molar-refractivity contribution in [1.29, 1.82) is 0 Å². The third kappa shape index (κ3) is 2.57. The number of carbonyl (C=O) groups excluding carboxylic acids is 1. The standard InChI is InChI=1S/C13H19N3O/c1-3-14-13-7-6-11(9-15-13)12-5-4-8-16(12)10(2)17/h6-7,9,12H,3-5,8H2,1-2H3,(H,14,15). The minimum Gasteiger partial charge on any atom is -0.370 e. The number of nitrogens with one attached hydrogen (secondary N) is 1. The van der Waals surface area contributed by atoms with Crippen LogP contribution in [0.3, 0.4) is 0 Å². The van der Waals surface area contributed by atoms with Gasteiger partial charge in [-0.1, -0.05) is 6.07 Å². The van der Waals surface area contributed by atoms with Gasteiger partial charge in [0.15, 0.2) is 0 Å². The van der Waals surface area contributed by atoms with E-state index in [2.05, 4.69) is 16.4 Å². The number of amides is 1.